The maximum atomic E-state index is 5.12. The number of methoxy groups -OCH3 is 1. The minimum Gasteiger partial charge on any atom is -0.385 e. The van der Waals surface area contributed by atoms with Crippen molar-refractivity contribution >= 4 is 0 Å². The third kappa shape index (κ3) is 4.88. The fraction of sp³-hybridized carbons (Fsp3) is 0.769. The van der Waals surface area contributed by atoms with Gasteiger partial charge in [0.15, 0.2) is 0 Å². The Labute approximate surface area is 104 Å². The lowest BCUT2D eigenvalue weighted by atomic mass is 9.90. The Morgan fingerprint density at radius 1 is 1.47 bits per heavy atom. The fourth-order valence-corrected chi connectivity index (χ4v) is 1.77. The normalized spacial score (nSPS) is 12.0. The van der Waals surface area contributed by atoms with E-state index >= 15 is 0 Å². The van der Waals surface area contributed by atoms with E-state index < -0.39 is 0 Å². The summed E-state index contributed by atoms with van der Waals surface area (Å²) in [6.45, 7) is 10.2. The first-order valence-electron chi connectivity index (χ1n) is 6.28. The van der Waals surface area contributed by atoms with Crippen molar-refractivity contribution in [3.8, 4) is 0 Å². The average molecular weight is 239 g/mol. The molecule has 0 aliphatic heterocycles. The monoisotopic (exact) mass is 239 g/mol. The van der Waals surface area contributed by atoms with Crippen LogP contribution in [0, 0.1) is 5.41 Å². The molecule has 1 N–H and O–H groups in total. The maximum absolute atomic E-state index is 5.12. The van der Waals surface area contributed by atoms with Crippen molar-refractivity contribution in [2.24, 2.45) is 5.41 Å². The second-order valence-electron chi connectivity index (χ2n) is 5.14. The molecule has 0 saturated heterocycles. The largest absolute Gasteiger partial charge is 0.385 e. The molecule has 0 saturated carbocycles. The molecule has 4 nitrogen and oxygen atoms in total. The molecule has 0 spiro atoms. The molecule has 0 aromatic carbocycles. The maximum Gasteiger partial charge on any atom is 0.122 e. The quantitative estimate of drug-likeness (QED) is 0.754. The van der Waals surface area contributed by atoms with Crippen molar-refractivity contribution in [1.82, 2.24) is 14.9 Å². The highest BCUT2D eigenvalue weighted by molar-refractivity contribution is 4.91. The van der Waals surface area contributed by atoms with E-state index in [1.807, 2.05) is 12.4 Å². The number of hydrogen-bond acceptors (Lipinski definition) is 3. The summed E-state index contributed by atoms with van der Waals surface area (Å²) in [6.07, 6.45) is 4.95. The van der Waals surface area contributed by atoms with Gasteiger partial charge in [-0.25, -0.2) is 4.98 Å². The molecule has 1 rings (SSSR count). The van der Waals surface area contributed by atoms with Crippen molar-refractivity contribution in [2.45, 2.75) is 40.3 Å². The zero-order chi connectivity index (χ0) is 12.7. The van der Waals surface area contributed by atoms with Crippen LogP contribution in [0.1, 0.15) is 33.0 Å². The van der Waals surface area contributed by atoms with E-state index in [0.29, 0.717) is 0 Å². The molecule has 0 unspecified atom stereocenters. The van der Waals surface area contributed by atoms with Crippen molar-refractivity contribution in [3.63, 3.8) is 0 Å². The zero-order valence-electron chi connectivity index (χ0n) is 11.5. The van der Waals surface area contributed by atoms with Crippen LogP contribution in [-0.2, 0) is 17.8 Å². The highest BCUT2D eigenvalue weighted by atomic mass is 16.5. The number of aryl methyl sites for hydroxylation is 1. The predicted octanol–water partition coefficient (Wildman–Crippen LogP) is 2.06. The van der Waals surface area contributed by atoms with E-state index in [4.69, 9.17) is 4.74 Å². The Hall–Kier alpha value is -0.870. The lowest BCUT2D eigenvalue weighted by molar-refractivity contribution is 0.150. The number of aromatic nitrogens is 2. The van der Waals surface area contributed by atoms with Crippen molar-refractivity contribution in [2.75, 3.05) is 20.3 Å². The number of hydrogen-bond donors (Lipinski definition) is 1. The molecule has 1 heterocycles. The molecule has 0 bridgehead atoms. The molecule has 17 heavy (non-hydrogen) atoms. The van der Waals surface area contributed by atoms with Crippen LogP contribution in [0.2, 0.25) is 0 Å². The van der Waals surface area contributed by atoms with Crippen molar-refractivity contribution in [1.29, 1.82) is 0 Å². The number of rotatable bonds is 8. The fourth-order valence-electron chi connectivity index (χ4n) is 1.77. The Morgan fingerprint density at radius 2 is 2.24 bits per heavy atom. The summed E-state index contributed by atoms with van der Waals surface area (Å²) in [5, 5.41) is 3.47. The Bertz CT molecular complexity index is 320. The van der Waals surface area contributed by atoms with Gasteiger partial charge in [0.05, 0.1) is 6.54 Å². The van der Waals surface area contributed by atoms with Crippen LogP contribution >= 0.6 is 0 Å². The third-order valence-corrected chi connectivity index (χ3v) is 3.01. The first-order chi connectivity index (χ1) is 8.09. The molecule has 0 aliphatic rings. The Morgan fingerprint density at radius 3 is 2.88 bits per heavy atom. The summed E-state index contributed by atoms with van der Waals surface area (Å²) in [4.78, 5) is 4.34. The molecule has 0 amide bonds. The van der Waals surface area contributed by atoms with E-state index in [-0.39, 0.29) is 5.41 Å². The van der Waals surface area contributed by atoms with Crippen molar-refractivity contribution in [3.05, 3.63) is 18.2 Å². The molecule has 0 aliphatic carbocycles. The zero-order valence-corrected chi connectivity index (χ0v) is 11.5. The number of nitrogens with zero attached hydrogens (tertiary/aromatic N) is 2. The smallest absolute Gasteiger partial charge is 0.122 e. The lowest BCUT2D eigenvalue weighted by Gasteiger charge is -2.24. The van der Waals surface area contributed by atoms with E-state index in [0.717, 1.165) is 38.5 Å². The lowest BCUT2D eigenvalue weighted by Crippen LogP contribution is -2.30. The Kier molecular flexibility index (Phi) is 5.65. The van der Waals surface area contributed by atoms with Gasteiger partial charge in [-0.2, -0.15) is 0 Å². The number of imidazole rings is 1. The van der Waals surface area contributed by atoms with Gasteiger partial charge in [0, 0.05) is 39.2 Å². The van der Waals surface area contributed by atoms with E-state index in [9.17, 15) is 0 Å². The topological polar surface area (TPSA) is 39.1 Å². The minimum absolute atomic E-state index is 0.264. The first kappa shape index (κ1) is 14.2. The van der Waals surface area contributed by atoms with Gasteiger partial charge in [-0.1, -0.05) is 13.8 Å². The van der Waals surface area contributed by atoms with Gasteiger partial charge in [0.2, 0.25) is 0 Å². The molecular formula is C13H25N3O. The number of nitrogens with one attached hydrogen (secondary N) is 1. The van der Waals surface area contributed by atoms with Gasteiger partial charge in [0.25, 0.3) is 0 Å². The molecule has 0 radical (unpaired) electrons. The van der Waals surface area contributed by atoms with Gasteiger partial charge in [-0.3, -0.25) is 0 Å². The van der Waals surface area contributed by atoms with Crippen LogP contribution in [-0.4, -0.2) is 29.8 Å². The molecule has 0 atom stereocenters. The first-order valence-corrected chi connectivity index (χ1v) is 6.28. The van der Waals surface area contributed by atoms with Gasteiger partial charge in [0.1, 0.15) is 5.82 Å². The second-order valence-corrected chi connectivity index (χ2v) is 5.14. The van der Waals surface area contributed by atoms with E-state index in [1.165, 1.54) is 0 Å². The summed E-state index contributed by atoms with van der Waals surface area (Å²) < 4.78 is 7.28. The molecule has 1 aromatic heterocycles. The van der Waals surface area contributed by atoms with Gasteiger partial charge in [-0.05, 0) is 18.8 Å². The molecule has 1 aromatic rings. The Balaban J connectivity index is 2.32. The van der Waals surface area contributed by atoms with Crippen LogP contribution in [0.25, 0.3) is 0 Å². The summed E-state index contributed by atoms with van der Waals surface area (Å²) in [5.74, 6) is 1.11. The van der Waals surface area contributed by atoms with Gasteiger partial charge >= 0.3 is 0 Å². The second kappa shape index (κ2) is 6.77. The molecule has 98 valence electrons. The SMILES string of the molecule is CCn1ccnc1CNCC(C)(C)CCOC. The molecule has 4 heteroatoms. The van der Waals surface area contributed by atoms with Crippen molar-refractivity contribution < 1.29 is 4.74 Å². The third-order valence-electron chi connectivity index (χ3n) is 3.01. The highest BCUT2D eigenvalue weighted by Gasteiger charge is 2.17. The standard InChI is InChI=1S/C13H25N3O/c1-5-16-8-7-15-12(16)10-14-11-13(2,3)6-9-17-4/h7-8,14H,5-6,9-11H2,1-4H3. The van der Waals surface area contributed by atoms with Crippen LogP contribution in [0.3, 0.4) is 0 Å². The summed E-state index contributed by atoms with van der Waals surface area (Å²) >= 11 is 0. The summed E-state index contributed by atoms with van der Waals surface area (Å²) in [5.41, 5.74) is 0.264. The van der Waals surface area contributed by atoms with E-state index in [1.54, 1.807) is 7.11 Å². The average Bonchev–Trinajstić information content (AvgIpc) is 2.74. The summed E-state index contributed by atoms with van der Waals surface area (Å²) in [7, 11) is 1.75. The van der Waals surface area contributed by atoms with Crippen LogP contribution < -0.4 is 5.32 Å². The van der Waals surface area contributed by atoms with E-state index in [2.05, 4.69) is 35.6 Å². The highest BCUT2D eigenvalue weighted by Crippen LogP contribution is 2.18. The van der Waals surface area contributed by atoms with Crippen LogP contribution in [0.4, 0.5) is 0 Å². The summed E-state index contributed by atoms with van der Waals surface area (Å²) in [6, 6.07) is 0. The number of ether oxygens (including phenoxy) is 1. The van der Waals surface area contributed by atoms with Gasteiger partial charge < -0.3 is 14.6 Å². The molecular weight excluding hydrogens is 214 g/mol. The van der Waals surface area contributed by atoms with Crippen LogP contribution in [0.15, 0.2) is 12.4 Å². The predicted molar refractivity (Wildman–Crippen MR) is 69.9 cm³/mol. The van der Waals surface area contributed by atoms with Gasteiger partial charge in [-0.15, -0.1) is 0 Å². The minimum atomic E-state index is 0.264. The molecule has 0 fully saturated rings. The van der Waals surface area contributed by atoms with Crippen LogP contribution in [0.5, 0.6) is 0 Å².